The molecule has 0 fully saturated rings. The van der Waals surface area contributed by atoms with Gasteiger partial charge < -0.3 is 15.0 Å². The molecule has 0 aromatic heterocycles. The average molecular weight is 289 g/mol. The van der Waals surface area contributed by atoms with Crippen molar-refractivity contribution in [3.05, 3.63) is 29.8 Å². The SMILES string of the molecule is COCCCN(C)CCCC(=O)Nc1cccc(C#N)c1. The Bertz CT molecular complexity index is 483. The Morgan fingerprint density at radius 3 is 2.86 bits per heavy atom. The maximum atomic E-state index is 11.8. The second kappa shape index (κ2) is 9.92. The van der Waals surface area contributed by atoms with Crippen molar-refractivity contribution in [2.45, 2.75) is 19.3 Å². The lowest BCUT2D eigenvalue weighted by molar-refractivity contribution is -0.116. The van der Waals surface area contributed by atoms with Crippen LogP contribution in [0.5, 0.6) is 0 Å². The number of nitrogens with one attached hydrogen (secondary N) is 1. The molecule has 21 heavy (non-hydrogen) atoms. The topological polar surface area (TPSA) is 65.4 Å². The molecule has 114 valence electrons. The van der Waals surface area contributed by atoms with Crippen molar-refractivity contribution >= 4 is 11.6 Å². The highest BCUT2D eigenvalue weighted by Gasteiger charge is 2.04. The van der Waals surface area contributed by atoms with Gasteiger partial charge in [0.1, 0.15) is 0 Å². The molecule has 0 aliphatic carbocycles. The molecule has 0 saturated carbocycles. The third kappa shape index (κ3) is 7.45. The van der Waals surface area contributed by atoms with E-state index in [0.717, 1.165) is 32.5 Å². The Kier molecular flexibility index (Phi) is 8.10. The Morgan fingerprint density at radius 1 is 1.38 bits per heavy atom. The molecule has 0 radical (unpaired) electrons. The van der Waals surface area contributed by atoms with Gasteiger partial charge in [0.15, 0.2) is 0 Å². The molecule has 0 unspecified atom stereocenters. The van der Waals surface area contributed by atoms with Crippen LogP contribution in [0.2, 0.25) is 0 Å². The molecule has 1 amide bonds. The van der Waals surface area contributed by atoms with Crippen molar-refractivity contribution in [2.24, 2.45) is 0 Å². The number of carbonyl (C=O) groups is 1. The van der Waals surface area contributed by atoms with Gasteiger partial charge in [-0.2, -0.15) is 5.26 Å². The number of anilines is 1. The van der Waals surface area contributed by atoms with Gasteiger partial charge in [0, 0.05) is 32.4 Å². The third-order valence-corrected chi connectivity index (χ3v) is 3.11. The highest BCUT2D eigenvalue weighted by atomic mass is 16.5. The van der Waals surface area contributed by atoms with Crippen LogP contribution in [0.15, 0.2) is 24.3 Å². The predicted octanol–water partition coefficient (Wildman–Crippen LogP) is 2.25. The van der Waals surface area contributed by atoms with Crippen molar-refractivity contribution in [2.75, 3.05) is 39.2 Å². The minimum absolute atomic E-state index is 0.0182. The molecule has 5 heteroatoms. The molecule has 0 aliphatic rings. The van der Waals surface area contributed by atoms with Crippen LogP contribution in [0.1, 0.15) is 24.8 Å². The number of carbonyl (C=O) groups excluding carboxylic acids is 1. The van der Waals surface area contributed by atoms with Gasteiger partial charge in [-0.1, -0.05) is 6.07 Å². The predicted molar refractivity (Wildman–Crippen MR) is 83.0 cm³/mol. The van der Waals surface area contributed by atoms with E-state index in [1.165, 1.54) is 0 Å². The number of amides is 1. The van der Waals surface area contributed by atoms with Gasteiger partial charge in [-0.25, -0.2) is 0 Å². The molecule has 1 N–H and O–H groups in total. The summed E-state index contributed by atoms with van der Waals surface area (Å²) in [6.07, 6.45) is 2.29. The van der Waals surface area contributed by atoms with E-state index in [-0.39, 0.29) is 5.91 Å². The lowest BCUT2D eigenvalue weighted by Gasteiger charge is -2.15. The van der Waals surface area contributed by atoms with Gasteiger partial charge in [-0.3, -0.25) is 4.79 Å². The second-order valence-electron chi connectivity index (χ2n) is 4.99. The maximum Gasteiger partial charge on any atom is 0.224 e. The number of rotatable bonds is 9. The van der Waals surface area contributed by atoms with Crippen LogP contribution < -0.4 is 5.32 Å². The summed E-state index contributed by atoms with van der Waals surface area (Å²) in [5.74, 6) is -0.0182. The zero-order valence-electron chi connectivity index (χ0n) is 12.8. The van der Waals surface area contributed by atoms with Crippen LogP contribution in [-0.4, -0.2) is 44.7 Å². The summed E-state index contributed by atoms with van der Waals surface area (Å²) in [5, 5.41) is 11.6. The zero-order chi connectivity index (χ0) is 15.5. The minimum Gasteiger partial charge on any atom is -0.385 e. The summed E-state index contributed by atoms with van der Waals surface area (Å²) >= 11 is 0. The summed E-state index contributed by atoms with van der Waals surface area (Å²) in [6, 6.07) is 8.99. The Hall–Kier alpha value is -1.90. The summed E-state index contributed by atoms with van der Waals surface area (Å²) in [7, 11) is 3.75. The number of hydrogen-bond donors (Lipinski definition) is 1. The first-order valence-corrected chi connectivity index (χ1v) is 7.13. The fraction of sp³-hybridized carbons (Fsp3) is 0.500. The minimum atomic E-state index is -0.0182. The number of benzene rings is 1. The van der Waals surface area contributed by atoms with E-state index in [4.69, 9.17) is 10.00 Å². The first-order chi connectivity index (χ1) is 10.2. The van der Waals surface area contributed by atoms with Crippen LogP contribution in [0.4, 0.5) is 5.69 Å². The van der Waals surface area contributed by atoms with Gasteiger partial charge in [0.05, 0.1) is 11.6 Å². The second-order valence-corrected chi connectivity index (χ2v) is 4.99. The molecule has 0 bridgehead atoms. The Balaban J connectivity index is 2.23. The highest BCUT2D eigenvalue weighted by Crippen LogP contribution is 2.10. The molecule has 0 heterocycles. The number of ether oxygens (including phenoxy) is 1. The van der Waals surface area contributed by atoms with Crippen LogP contribution >= 0.6 is 0 Å². The van der Waals surface area contributed by atoms with E-state index in [2.05, 4.69) is 16.3 Å². The highest BCUT2D eigenvalue weighted by molar-refractivity contribution is 5.90. The quantitative estimate of drug-likeness (QED) is 0.708. The number of methoxy groups -OCH3 is 1. The summed E-state index contributed by atoms with van der Waals surface area (Å²) in [6.45, 7) is 2.62. The zero-order valence-corrected chi connectivity index (χ0v) is 12.8. The number of nitrogens with zero attached hydrogens (tertiary/aromatic N) is 2. The summed E-state index contributed by atoms with van der Waals surface area (Å²) < 4.78 is 5.01. The molecule has 5 nitrogen and oxygen atoms in total. The Labute approximate surface area is 126 Å². The van der Waals surface area contributed by atoms with E-state index in [1.54, 1.807) is 31.4 Å². The molecule has 1 aromatic carbocycles. The van der Waals surface area contributed by atoms with Crippen LogP contribution in [0.25, 0.3) is 0 Å². The van der Waals surface area contributed by atoms with Crippen molar-refractivity contribution in [1.82, 2.24) is 4.90 Å². The Morgan fingerprint density at radius 2 is 2.14 bits per heavy atom. The van der Waals surface area contributed by atoms with Crippen LogP contribution in [-0.2, 0) is 9.53 Å². The summed E-state index contributed by atoms with van der Waals surface area (Å²) in [5.41, 5.74) is 1.22. The van der Waals surface area contributed by atoms with E-state index < -0.39 is 0 Å². The normalized spacial score (nSPS) is 10.4. The monoisotopic (exact) mass is 289 g/mol. The fourth-order valence-corrected chi connectivity index (χ4v) is 1.99. The molecule has 0 saturated heterocycles. The molecule has 1 rings (SSSR count). The smallest absolute Gasteiger partial charge is 0.224 e. The van der Waals surface area contributed by atoms with Gasteiger partial charge in [0.2, 0.25) is 5.91 Å². The van der Waals surface area contributed by atoms with E-state index in [1.807, 2.05) is 7.05 Å². The van der Waals surface area contributed by atoms with Crippen molar-refractivity contribution in [3.63, 3.8) is 0 Å². The third-order valence-electron chi connectivity index (χ3n) is 3.11. The van der Waals surface area contributed by atoms with Gasteiger partial charge in [-0.05, 0) is 44.6 Å². The van der Waals surface area contributed by atoms with E-state index in [0.29, 0.717) is 17.7 Å². The lowest BCUT2D eigenvalue weighted by atomic mass is 10.2. The van der Waals surface area contributed by atoms with E-state index in [9.17, 15) is 4.79 Å². The molecule has 0 aliphatic heterocycles. The first-order valence-electron chi connectivity index (χ1n) is 7.13. The van der Waals surface area contributed by atoms with Crippen molar-refractivity contribution in [3.8, 4) is 6.07 Å². The molecule has 0 spiro atoms. The van der Waals surface area contributed by atoms with E-state index >= 15 is 0 Å². The average Bonchev–Trinajstić information content (AvgIpc) is 2.47. The fourth-order valence-electron chi connectivity index (χ4n) is 1.99. The lowest BCUT2D eigenvalue weighted by Crippen LogP contribution is -2.23. The molecule has 1 aromatic rings. The standard InChI is InChI=1S/C16H23N3O2/c1-19(10-5-11-21-2)9-4-8-16(20)18-15-7-3-6-14(12-15)13-17/h3,6-7,12H,4-5,8-11H2,1-2H3,(H,18,20). The first kappa shape index (κ1) is 17.2. The van der Waals surface area contributed by atoms with Crippen LogP contribution in [0, 0.1) is 11.3 Å². The largest absolute Gasteiger partial charge is 0.385 e. The van der Waals surface area contributed by atoms with Crippen molar-refractivity contribution < 1.29 is 9.53 Å². The molecular formula is C16H23N3O2. The number of nitriles is 1. The summed E-state index contributed by atoms with van der Waals surface area (Å²) in [4.78, 5) is 14.0. The van der Waals surface area contributed by atoms with Gasteiger partial charge in [-0.15, -0.1) is 0 Å². The van der Waals surface area contributed by atoms with Gasteiger partial charge in [0.25, 0.3) is 0 Å². The van der Waals surface area contributed by atoms with Crippen molar-refractivity contribution in [1.29, 1.82) is 5.26 Å². The molecular weight excluding hydrogens is 266 g/mol. The molecule has 0 atom stereocenters. The van der Waals surface area contributed by atoms with Crippen LogP contribution in [0.3, 0.4) is 0 Å². The number of hydrogen-bond acceptors (Lipinski definition) is 4. The maximum absolute atomic E-state index is 11.8. The van der Waals surface area contributed by atoms with Gasteiger partial charge >= 0.3 is 0 Å².